The van der Waals surface area contributed by atoms with E-state index in [1.54, 1.807) is 12.0 Å². The highest BCUT2D eigenvalue weighted by molar-refractivity contribution is 6.03. The largest absolute Gasteiger partial charge is 0.378 e. The molecule has 0 unspecified atom stereocenters. The molecule has 0 saturated carbocycles. The molecule has 1 fully saturated rings. The van der Waals surface area contributed by atoms with E-state index in [4.69, 9.17) is 4.74 Å². The zero-order valence-corrected chi connectivity index (χ0v) is 17.1. The van der Waals surface area contributed by atoms with Gasteiger partial charge < -0.3 is 14.5 Å². The topological polar surface area (TPSA) is 62.7 Å². The van der Waals surface area contributed by atoms with Crippen molar-refractivity contribution in [3.63, 3.8) is 0 Å². The molecular weight excluding hydrogens is 378 g/mol. The Morgan fingerprint density at radius 2 is 1.93 bits per heavy atom. The van der Waals surface area contributed by atoms with Crippen LogP contribution >= 0.6 is 0 Å². The summed E-state index contributed by atoms with van der Waals surface area (Å²) in [6, 6.07) is 11.9. The van der Waals surface area contributed by atoms with Crippen LogP contribution in [0.1, 0.15) is 22.3 Å². The molecule has 2 aromatic carbocycles. The van der Waals surface area contributed by atoms with Gasteiger partial charge in [0.05, 0.1) is 6.10 Å². The van der Waals surface area contributed by atoms with Gasteiger partial charge in [0, 0.05) is 68.3 Å². The molecule has 1 saturated heterocycles. The Morgan fingerprint density at radius 1 is 1.10 bits per heavy atom. The molecule has 0 N–H and O–H groups in total. The van der Waals surface area contributed by atoms with Gasteiger partial charge in [-0.15, -0.1) is 0 Å². The summed E-state index contributed by atoms with van der Waals surface area (Å²) in [5.74, 6) is 0.172. The summed E-state index contributed by atoms with van der Waals surface area (Å²) in [5.41, 5.74) is 4.83. The van der Waals surface area contributed by atoms with E-state index in [0.717, 1.165) is 39.6 Å². The molecular formula is C24H23N3O3. The maximum absolute atomic E-state index is 12.9. The number of likely N-dealkylation sites (tertiary alicyclic amines) is 1. The number of carbonyl (C=O) groups excluding carboxylic acids is 2. The van der Waals surface area contributed by atoms with E-state index in [9.17, 15) is 9.59 Å². The summed E-state index contributed by atoms with van der Waals surface area (Å²) >= 11 is 0. The number of nitrogens with zero attached hydrogens (tertiary/aromatic N) is 3. The predicted molar refractivity (Wildman–Crippen MR) is 116 cm³/mol. The number of ether oxygens (including phenoxy) is 1. The van der Waals surface area contributed by atoms with Crippen molar-refractivity contribution in [2.75, 3.05) is 32.1 Å². The highest BCUT2D eigenvalue weighted by Crippen LogP contribution is 2.34. The van der Waals surface area contributed by atoms with Crippen LogP contribution in [0, 0.1) is 0 Å². The minimum absolute atomic E-state index is 0.0264. The Morgan fingerprint density at radius 3 is 2.73 bits per heavy atom. The average Bonchev–Trinajstić information content (AvgIpc) is 2.74. The van der Waals surface area contributed by atoms with Crippen LogP contribution in [0.3, 0.4) is 0 Å². The number of fused-ring (bicyclic) bond motifs is 2. The van der Waals surface area contributed by atoms with Gasteiger partial charge in [0.25, 0.3) is 5.91 Å². The first kappa shape index (κ1) is 18.8. The van der Waals surface area contributed by atoms with Crippen molar-refractivity contribution in [3.8, 4) is 11.1 Å². The zero-order chi connectivity index (χ0) is 20.8. The molecule has 2 aliphatic rings. The molecule has 0 spiro atoms. The van der Waals surface area contributed by atoms with Crippen molar-refractivity contribution in [3.05, 3.63) is 59.9 Å². The monoisotopic (exact) mass is 401 g/mol. The molecule has 0 aliphatic carbocycles. The van der Waals surface area contributed by atoms with Crippen LogP contribution in [-0.2, 0) is 16.0 Å². The highest BCUT2D eigenvalue weighted by atomic mass is 16.5. The van der Waals surface area contributed by atoms with Gasteiger partial charge in [-0.25, -0.2) is 0 Å². The number of amides is 2. The second-order valence-corrected chi connectivity index (χ2v) is 7.99. The molecule has 3 heterocycles. The van der Waals surface area contributed by atoms with E-state index in [1.165, 1.54) is 0 Å². The van der Waals surface area contributed by atoms with Gasteiger partial charge in [-0.2, -0.15) is 0 Å². The molecule has 6 nitrogen and oxygen atoms in total. The van der Waals surface area contributed by atoms with Gasteiger partial charge in [-0.05, 0) is 47.2 Å². The average molecular weight is 401 g/mol. The van der Waals surface area contributed by atoms with Gasteiger partial charge >= 0.3 is 0 Å². The minimum atomic E-state index is 0.0264. The number of hydrogen-bond acceptors (Lipinski definition) is 4. The summed E-state index contributed by atoms with van der Waals surface area (Å²) in [7, 11) is 3.50. The van der Waals surface area contributed by atoms with E-state index in [0.29, 0.717) is 25.1 Å². The molecule has 0 atom stereocenters. The zero-order valence-electron chi connectivity index (χ0n) is 17.1. The normalized spacial score (nSPS) is 16.5. The summed E-state index contributed by atoms with van der Waals surface area (Å²) in [6.07, 6.45) is 5.07. The first-order valence-corrected chi connectivity index (χ1v) is 10.1. The van der Waals surface area contributed by atoms with Gasteiger partial charge in [0.15, 0.2) is 0 Å². The number of rotatable bonds is 3. The quantitative estimate of drug-likeness (QED) is 0.676. The second-order valence-electron chi connectivity index (χ2n) is 7.99. The van der Waals surface area contributed by atoms with Crippen LogP contribution in [0.2, 0.25) is 0 Å². The third kappa shape index (κ3) is 3.04. The van der Waals surface area contributed by atoms with Crippen LogP contribution in [-0.4, -0.2) is 55.0 Å². The Hall–Kier alpha value is -3.25. The van der Waals surface area contributed by atoms with E-state index in [2.05, 4.69) is 11.1 Å². The summed E-state index contributed by atoms with van der Waals surface area (Å²) < 4.78 is 5.28. The molecule has 30 heavy (non-hydrogen) atoms. The van der Waals surface area contributed by atoms with Crippen molar-refractivity contribution >= 4 is 28.3 Å². The number of methoxy groups -OCH3 is 1. The molecule has 5 rings (SSSR count). The lowest BCUT2D eigenvalue weighted by Crippen LogP contribution is -2.54. The maximum Gasteiger partial charge on any atom is 0.254 e. The number of pyridine rings is 1. The van der Waals surface area contributed by atoms with E-state index >= 15 is 0 Å². The van der Waals surface area contributed by atoms with Crippen LogP contribution < -0.4 is 4.90 Å². The van der Waals surface area contributed by atoms with Crippen molar-refractivity contribution < 1.29 is 14.3 Å². The first-order chi connectivity index (χ1) is 14.5. The van der Waals surface area contributed by atoms with Crippen LogP contribution in [0.15, 0.2) is 48.8 Å². The Labute approximate surface area is 175 Å². The standard InChI is InChI=1S/C24H23N3O3/c1-26-22-7-5-15(9-16(22)6-8-23(26)28)21-12-25-11-18-4-3-17(10-20(18)21)24(29)27-13-19(14-27)30-2/h3-5,7,9-12,19H,6,8,13-14H2,1-2H3. The number of anilines is 1. The second kappa shape index (κ2) is 7.22. The van der Waals surface area contributed by atoms with Crippen LogP contribution in [0.25, 0.3) is 21.9 Å². The fourth-order valence-electron chi connectivity index (χ4n) is 4.29. The number of hydrogen-bond donors (Lipinski definition) is 0. The highest BCUT2D eigenvalue weighted by Gasteiger charge is 2.31. The molecule has 3 aromatic rings. The van der Waals surface area contributed by atoms with Gasteiger partial charge in [-0.1, -0.05) is 12.1 Å². The number of aryl methyl sites for hydroxylation is 1. The van der Waals surface area contributed by atoms with Gasteiger partial charge in [0.1, 0.15) is 0 Å². The third-order valence-corrected chi connectivity index (χ3v) is 6.21. The predicted octanol–water partition coefficient (Wildman–Crippen LogP) is 3.28. The SMILES string of the molecule is COC1CN(C(=O)c2ccc3cncc(-c4ccc5c(c4)CCC(=O)N5C)c3c2)C1. The summed E-state index contributed by atoms with van der Waals surface area (Å²) in [6.45, 7) is 1.27. The van der Waals surface area contributed by atoms with Crippen molar-refractivity contribution in [2.24, 2.45) is 0 Å². The third-order valence-electron chi connectivity index (χ3n) is 6.21. The lowest BCUT2D eigenvalue weighted by Gasteiger charge is -2.38. The smallest absolute Gasteiger partial charge is 0.254 e. The van der Waals surface area contributed by atoms with E-state index in [-0.39, 0.29) is 17.9 Å². The molecule has 6 heteroatoms. The fraction of sp³-hybridized carbons (Fsp3) is 0.292. The number of aromatic nitrogens is 1. The van der Waals surface area contributed by atoms with Crippen LogP contribution in [0.5, 0.6) is 0 Å². The van der Waals surface area contributed by atoms with Crippen molar-refractivity contribution in [1.29, 1.82) is 0 Å². The Bertz CT molecular complexity index is 1170. The molecule has 0 bridgehead atoms. The van der Waals surface area contributed by atoms with E-state index in [1.807, 2.05) is 54.7 Å². The Balaban J connectivity index is 1.54. The Kier molecular flexibility index (Phi) is 4.51. The van der Waals surface area contributed by atoms with Crippen molar-refractivity contribution in [2.45, 2.75) is 18.9 Å². The molecule has 2 aliphatic heterocycles. The first-order valence-electron chi connectivity index (χ1n) is 10.1. The van der Waals surface area contributed by atoms with E-state index < -0.39 is 0 Å². The van der Waals surface area contributed by atoms with Gasteiger partial charge in [0.2, 0.25) is 5.91 Å². The molecule has 152 valence electrons. The number of benzene rings is 2. The number of carbonyl (C=O) groups is 2. The minimum Gasteiger partial charge on any atom is -0.378 e. The van der Waals surface area contributed by atoms with Crippen LogP contribution in [0.4, 0.5) is 5.69 Å². The fourth-order valence-corrected chi connectivity index (χ4v) is 4.29. The lowest BCUT2D eigenvalue weighted by atomic mass is 9.94. The van der Waals surface area contributed by atoms with Gasteiger partial charge in [-0.3, -0.25) is 14.6 Å². The summed E-state index contributed by atoms with van der Waals surface area (Å²) in [5, 5.41) is 1.99. The van der Waals surface area contributed by atoms with Crippen molar-refractivity contribution in [1.82, 2.24) is 9.88 Å². The summed E-state index contributed by atoms with van der Waals surface area (Å²) in [4.78, 5) is 32.8. The molecule has 1 aromatic heterocycles. The lowest BCUT2D eigenvalue weighted by molar-refractivity contribution is -0.118. The molecule has 0 radical (unpaired) electrons. The maximum atomic E-state index is 12.9. The molecule has 2 amide bonds.